The number of aliphatic hydroxyl groups excluding tert-OH is 1. The molecular formula is C11H15NO3. The van der Waals surface area contributed by atoms with Crippen LogP contribution in [0.25, 0.3) is 0 Å². The molecule has 4 nitrogen and oxygen atoms in total. The van der Waals surface area contributed by atoms with Crippen LogP contribution in [-0.2, 0) is 4.79 Å². The lowest BCUT2D eigenvalue weighted by Crippen LogP contribution is -2.27. The van der Waals surface area contributed by atoms with Gasteiger partial charge in [-0.25, -0.2) is 0 Å². The van der Waals surface area contributed by atoms with Crippen molar-refractivity contribution < 1.29 is 14.3 Å². The number of nitrogens with one attached hydrogen (secondary N) is 1. The zero-order chi connectivity index (χ0) is 11.1. The molecule has 1 unspecified atom stereocenters. The monoisotopic (exact) mass is 209 g/mol. The van der Waals surface area contributed by atoms with Crippen LogP contribution in [0.4, 0.5) is 0 Å². The average Bonchev–Trinajstić information content (AvgIpc) is 2.76. The normalized spacial score (nSPS) is 12.1. The van der Waals surface area contributed by atoms with Crippen LogP contribution in [0.5, 0.6) is 0 Å². The van der Waals surface area contributed by atoms with Gasteiger partial charge in [-0.1, -0.05) is 6.08 Å². The summed E-state index contributed by atoms with van der Waals surface area (Å²) in [4.78, 5) is 11.2. The quantitative estimate of drug-likeness (QED) is 0.696. The standard InChI is InChI=1S/C11H15NO3/c1-2-3-6-11(14)12-8-9(13)10-5-4-7-15-10/h2,4-5,7,9,13H,1,3,6,8H2,(H,12,14). The van der Waals surface area contributed by atoms with E-state index in [0.717, 1.165) is 0 Å². The maximum absolute atomic E-state index is 11.2. The van der Waals surface area contributed by atoms with Crippen LogP contribution in [0.3, 0.4) is 0 Å². The predicted molar refractivity (Wildman–Crippen MR) is 56.1 cm³/mol. The van der Waals surface area contributed by atoms with Gasteiger partial charge in [0.2, 0.25) is 5.91 Å². The van der Waals surface area contributed by atoms with Gasteiger partial charge >= 0.3 is 0 Å². The summed E-state index contributed by atoms with van der Waals surface area (Å²) in [7, 11) is 0. The molecule has 0 aliphatic carbocycles. The highest BCUT2D eigenvalue weighted by Crippen LogP contribution is 2.11. The Bertz CT molecular complexity index is 306. The van der Waals surface area contributed by atoms with Crippen LogP contribution in [0, 0.1) is 0 Å². The first-order valence-electron chi connectivity index (χ1n) is 4.83. The third-order valence-corrected chi connectivity index (χ3v) is 1.94. The number of carbonyl (C=O) groups excluding carboxylic acids is 1. The van der Waals surface area contributed by atoms with E-state index in [0.29, 0.717) is 18.6 Å². The average molecular weight is 209 g/mol. The van der Waals surface area contributed by atoms with Crippen molar-refractivity contribution in [2.75, 3.05) is 6.54 Å². The molecule has 0 aliphatic rings. The number of aliphatic hydroxyl groups is 1. The summed E-state index contributed by atoms with van der Waals surface area (Å²) < 4.78 is 4.99. The lowest BCUT2D eigenvalue weighted by molar-refractivity contribution is -0.121. The van der Waals surface area contributed by atoms with E-state index in [9.17, 15) is 9.90 Å². The van der Waals surface area contributed by atoms with Gasteiger partial charge < -0.3 is 14.8 Å². The summed E-state index contributed by atoms with van der Waals surface area (Å²) in [6.45, 7) is 3.69. The molecule has 0 saturated heterocycles. The molecule has 82 valence electrons. The van der Waals surface area contributed by atoms with Crippen molar-refractivity contribution in [1.82, 2.24) is 5.32 Å². The van der Waals surface area contributed by atoms with Crippen LogP contribution in [0.15, 0.2) is 35.5 Å². The van der Waals surface area contributed by atoms with Gasteiger partial charge in [0.1, 0.15) is 11.9 Å². The Kier molecular flexibility index (Phi) is 4.63. The second-order valence-corrected chi connectivity index (χ2v) is 3.16. The number of furan rings is 1. The van der Waals surface area contributed by atoms with Crippen LogP contribution in [0.1, 0.15) is 24.7 Å². The van der Waals surface area contributed by atoms with E-state index in [1.807, 2.05) is 0 Å². The Labute approximate surface area is 88.6 Å². The molecule has 4 heteroatoms. The van der Waals surface area contributed by atoms with E-state index >= 15 is 0 Å². The van der Waals surface area contributed by atoms with Gasteiger partial charge in [-0.3, -0.25) is 4.79 Å². The molecular weight excluding hydrogens is 194 g/mol. The smallest absolute Gasteiger partial charge is 0.220 e. The topological polar surface area (TPSA) is 62.5 Å². The van der Waals surface area contributed by atoms with Crippen molar-refractivity contribution in [3.05, 3.63) is 36.8 Å². The first-order chi connectivity index (χ1) is 7.24. The summed E-state index contributed by atoms with van der Waals surface area (Å²) in [5.41, 5.74) is 0. The van der Waals surface area contributed by atoms with Gasteiger partial charge in [0, 0.05) is 6.42 Å². The third-order valence-electron chi connectivity index (χ3n) is 1.94. The Morgan fingerprint density at radius 2 is 2.53 bits per heavy atom. The molecule has 1 rings (SSSR count). The maximum atomic E-state index is 11.2. The largest absolute Gasteiger partial charge is 0.467 e. The first-order valence-corrected chi connectivity index (χ1v) is 4.83. The Morgan fingerprint density at radius 3 is 3.13 bits per heavy atom. The first kappa shape index (κ1) is 11.5. The molecule has 1 heterocycles. The van der Waals surface area contributed by atoms with Crippen molar-refractivity contribution in [2.45, 2.75) is 18.9 Å². The van der Waals surface area contributed by atoms with Gasteiger partial charge in [-0.05, 0) is 18.6 Å². The zero-order valence-corrected chi connectivity index (χ0v) is 8.48. The summed E-state index contributed by atoms with van der Waals surface area (Å²) >= 11 is 0. The highest BCUT2D eigenvalue weighted by atomic mass is 16.4. The van der Waals surface area contributed by atoms with Crippen LogP contribution in [-0.4, -0.2) is 17.6 Å². The van der Waals surface area contributed by atoms with E-state index in [4.69, 9.17) is 4.42 Å². The summed E-state index contributed by atoms with van der Waals surface area (Å²) in [6, 6.07) is 3.36. The molecule has 15 heavy (non-hydrogen) atoms. The second kappa shape index (κ2) is 6.03. The number of carbonyl (C=O) groups is 1. The molecule has 0 bridgehead atoms. The highest BCUT2D eigenvalue weighted by Gasteiger charge is 2.11. The lowest BCUT2D eigenvalue weighted by Gasteiger charge is -2.08. The second-order valence-electron chi connectivity index (χ2n) is 3.16. The molecule has 0 radical (unpaired) electrons. The predicted octanol–water partition coefficient (Wildman–Crippen LogP) is 1.40. The summed E-state index contributed by atoms with van der Waals surface area (Å²) in [5.74, 6) is 0.361. The molecule has 1 aromatic heterocycles. The molecule has 1 amide bonds. The summed E-state index contributed by atoms with van der Waals surface area (Å²) in [5, 5.41) is 12.2. The molecule has 2 N–H and O–H groups in total. The van der Waals surface area contributed by atoms with E-state index in [1.165, 1.54) is 6.26 Å². The van der Waals surface area contributed by atoms with Gasteiger partial charge in [-0.2, -0.15) is 0 Å². The van der Waals surface area contributed by atoms with Crippen molar-refractivity contribution >= 4 is 5.91 Å². The summed E-state index contributed by atoms with van der Waals surface area (Å²) in [6.07, 6.45) is 3.42. The molecule has 0 aliphatic heterocycles. The van der Waals surface area contributed by atoms with Crippen molar-refractivity contribution in [1.29, 1.82) is 0 Å². The molecule has 1 atom stereocenters. The van der Waals surface area contributed by atoms with Crippen LogP contribution < -0.4 is 5.32 Å². The molecule has 1 aromatic rings. The van der Waals surface area contributed by atoms with Gasteiger partial charge in [0.25, 0.3) is 0 Å². The Morgan fingerprint density at radius 1 is 1.73 bits per heavy atom. The zero-order valence-electron chi connectivity index (χ0n) is 8.48. The minimum atomic E-state index is -0.785. The minimum absolute atomic E-state index is 0.0968. The number of allylic oxidation sites excluding steroid dienone is 1. The van der Waals surface area contributed by atoms with Crippen molar-refractivity contribution in [3.63, 3.8) is 0 Å². The number of rotatable bonds is 6. The van der Waals surface area contributed by atoms with Crippen LogP contribution in [0.2, 0.25) is 0 Å². The number of hydrogen-bond donors (Lipinski definition) is 2. The fraction of sp³-hybridized carbons (Fsp3) is 0.364. The molecule has 0 saturated carbocycles. The van der Waals surface area contributed by atoms with Gasteiger partial charge in [-0.15, -0.1) is 6.58 Å². The fourth-order valence-corrected chi connectivity index (χ4v) is 1.11. The fourth-order valence-electron chi connectivity index (χ4n) is 1.11. The van der Waals surface area contributed by atoms with E-state index in [2.05, 4.69) is 11.9 Å². The SMILES string of the molecule is C=CCCC(=O)NCC(O)c1ccco1. The van der Waals surface area contributed by atoms with Gasteiger partial charge in [0.05, 0.1) is 12.8 Å². The van der Waals surface area contributed by atoms with E-state index < -0.39 is 6.10 Å². The lowest BCUT2D eigenvalue weighted by atomic mass is 10.2. The maximum Gasteiger partial charge on any atom is 0.220 e. The van der Waals surface area contributed by atoms with Crippen molar-refractivity contribution in [2.24, 2.45) is 0 Å². The van der Waals surface area contributed by atoms with E-state index in [1.54, 1.807) is 18.2 Å². The van der Waals surface area contributed by atoms with Gasteiger partial charge in [0.15, 0.2) is 0 Å². The molecule has 0 fully saturated rings. The van der Waals surface area contributed by atoms with Crippen LogP contribution >= 0.6 is 0 Å². The molecule has 0 aromatic carbocycles. The number of amides is 1. The highest BCUT2D eigenvalue weighted by molar-refractivity contribution is 5.75. The Hall–Kier alpha value is -1.55. The number of hydrogen-bond acceptors (Lipinski definition) is 3. The van der Waals surface area contributed by atoms with Crippen molar-refractivity contribution in [3.8, 4) is 0 Å². The van der Waals surface area contributed by atoms with E-state index in [-0.39, 0.29) is 12.5 Å². The third kappa shape index (κ3) is 3.99. The molecule has 0 spiro atoms. The minimum Gasteiger partial charge on any atom is -0.467 e. The Balaban J connectivity index is 2.25.